The highest BCUT2D eigenvalue weighted by Crippen LogP contribution is 2.20. The maximum absolute atomic E-state index is 11.6. The standard InChI is InChI=1S/C12H19N3O2/c1-9-13-6-8-15(9)7-5-11(12(16)17-2)14-10-3-4-10/h6,8,10-11,14H,3-5,7H2,1-2H3. The first-order valence-corrected chi connectivity index (χ1v) is 6.02. The van der Waals surface area contributed by atoms with Crippen molar-refractivity contribution in [2.24, 2.45) is 0 Å². The minimum absolute atomic E-state index is 0.172. The fourth-order valence-electron chi connectivity index (χ4n) is 1.85. The number of aryl methyl sites for hydroxylation is 2. The normalized spacial score (nSPS) is 16.8. The fraction of sp³-hybridized carbons (Fsp3) is 0.667. The Labute approximate surface area is 101 Å². The first-order valence-electron chi connectivity index (χ1n) is 6.02. The van der Waals surface area contributed by atoms with Crippen molar-refractivity contribution in [3.05, 3.63) is 18.2 Å². The number of imidazole rings is 1. The van der Waals surface area contributed by atoms with Crippen LogP contribution in [-0.2, 0) is 16.1 Å². The molecular weight excluding hydrogens is 218 g/mol. The lowest BCUT2D eigenvalue weighted by atomic mass is 10.2. The van der Waals surface area contributed by atoms with Gasteiger partial charge in [-0.2, -0.15) is 0 Å². The Kier molecular flexibility index (Phi) is 3.78. The van der Waals surface area contributed by atoms with Gasteiger partial charge < -0.3 is 14.6 Å². The second-order valence-corrected chi connectivity index (χ2v) is 4.47. The van der Waals surface area contributed by atoms with Crippen LogP contribution in [0.1, 0.15) is 25.1 Å². The Morgan fingerprint density at radius 2 is 2.47 bits per heavy atom. The number of carbonyl (C=O) groups excluding carboxylic acids is 1. The Morgan fingerprint density at radius 3 is 3.00 bits per heavy atom. The third-order valence-corrected chi connectivity index (χ3v) is 3.08. The molecule has 1 atom stereocenters. The van der Waals surface area contributed by atoms with Gasteiger partial charge in [0, 0.05) is 25.0 Å². The Morgan fingerprint density at radius 1 is 1.71 bits per heavy atom. The van der Waals surface area contributed by atoms with Crippen LogP contribution in [0.2, 0.25) is 0 Å². The monoisotopic (exact) mass is 237 g/mol. The lowest BCUT2D eigenvalue weighted by Gasteiger charge is -2.16. The molecule has 1 aromatic heterocycles. The molecule has 0 aliphatic heterocycles. The van der Waals surface area contributed by atoms with Gasteiger partial charge in [-0.15, -0.1) is 0 Å². The van der Waals surface area contributed by atoms with E-state index in [0.717, 1.165) is 31.6 Å². The molecule has 0 amide bonds. The van der Waals surface area contributed by atoms with Crippen molar-refractivity contribution in [3.63, 3.8) is 0 Å². The largest absolute Gasteiger partial charge is 0.468 e. The van der Waals surface area contributed by atoms with E-state index in [1.807, 2.05) is 17.7 Å². The molecule has 1 fully saturated rings. The van der Waals surface area contributed by atoms with E-state index in [1.165, 1.54) is 7.11 Å². The van der Waals surface area contributed by atoms with E-state index in [9.17, 15) is 4.79 Å². The summed E-state index contributed by atoms with van der Waals surface area (Å²) in [5.74, 6) is 0.801. The van der Waals surface area contributed by atoms with Gasteiger partial charge in [0.2, 0.25) is 0 Å². The van der Waals surface area contributed by atoms with E-state index in [0.29, 0.717) is 6.04 Å². The van der Waals surface area contributed by atoms with Crippen molar-refractivity contribution in [1.29, 1.82) is 0 Å². The average molecular weight is 237 g/mol. The maximum Gasteiger partial charge on any atom is 0.322 e. The third-order valence-electron chi connectivity index (χ3n) is 3.08. The molecule has 0 bridgehead atoms. The van der Waals surface area contributed by atoms with Crippen molar-refractivity contribution in [2.75, 3.05) is 7.11 Å². The molecule has 0 spiro atoms. The summed E-state index contributed by atoms with van der Waals surface area (Å²) in [6.45, 7) is 2.74. The molecule has 1 heterocycles. The molecule has 0 radical (unpaired) electrons. The molecule has 0 saturated heterocycles. The molecule has 17 heavy (non-hydrogen) atoms. The molecule has 0 aromatic carbocycles. The number of ether oxygens (including phenoxy) is 1. The van der Waals surface area contributed by atoms with Crippen molar-refractivity contribution in [2.45, 2.75) is 44.8 Å². The quantitative estimate of drug-likeness (QED) is 0.746. The average Bonchev–Trinajstić information content (AvgIpc) is 3.06. The van der Waals surface area contributed by atoms with Crippen LogP contribution >= 0.6 is 0 Å². The van der Waals surface area contributed by atoms with Gasteiger partial charge in [-0.05, 0) is 26.2 Å². The van der Waals surface area contributed by atoms with E-state index >= 15 is 0 Å². The Hall–Kier alpha value is -1.36. The molecule has 1 aromatic rings. The predicted octanol–water partition coefficient (Wildman–Crippen LogP) is 0.875. The Bertz CT molecular complexity index is 385. The van der Waals surface area contributed by atoms with Crippen LogP contribution in [0.25, 0.3) is 0 Å². The first kappa shape index (κ1) is 12.1. The number of nitrogens with one attached hydrogen (secondary N) is 1. The van der Waals surface area contributed by atoms with E-state index in [4.69, 9.17) is 4.74 Å². The van der Waals surface area contributed by atoms with Gasteiger partial charge >= 0.3 is 5.97 Å². The molecule has 1 saturated carbocycles. The van der Waals surface area contributed by atoms with E-state index in [-0.39, 0.29) is 12.0 Å². The van der Waals surface area contributed by atoms with Gasteiger partial charge in [-0.25, -0.2) is 4.98 Å². The van der Waals surface area contributed by atoms with Crippen molar-refractivity contribution >= 4 is 5.97 Å². The number of nitrogens with zero attached hydrogens (tertiary/aromatic N) is 2. The summed E-state index contributed by atoms with van der Waals surface area (Å²) in [6, 6.07) is 0.303. The molecular formula is C12H19N3O2. The summed E-state index contributed by atoms with van der Waals surface area (Å²) in [7, 11) is 1.44. The smallest absolute Gasteiger partial charge is 0.322 e. The lowest BCUT2D eigenvalue weighted by Crippen LogP contribution is -2.39. The highest BCUT2D eigenvalue weighted by Gasteiger charge is 2.28. The number of aromatic nitrogens is 2. The second kappa shape index (κ2) is 5.31. The number of rotatable bonds is 6. The number of hydrogen-bond donors (Lipinski definition) is 1. The van der Waals surface area contributed by atoms with Crippen LogP contribution < -0.4 is 5.32 Å². The van der Waals surface area contributed by atoms with Gasteiger partial charge in [0.05, 0.1) is 7.11 Å². The van der Waals surface area contributed by atoms with Gasteiger partial charge in [-0.1, -0.05) is 0 Å². The van der Waals surface area contributed by atoms with E-state index in [1.54, 1.807) is 6.20 Å². The second-order valence-electron chi connectivity index (χ2n) is 4.47. The molecule has 1 unspecified atom stereocenters. The predicted molar refractivity (Wildman–Crippen MR) is 63.5 cm³/mol. The molecule has 1 N–H and O–H groups in total. The highest BCUT2D eigenvalue weighted by molar-refractivity contribution is 5.75. The molecule has 1 aliphatic carbocycles. The SMILES string of the molecule is COC(=O)C(CCn1ccnc1C)NC1CC1. The number of methoxy groups -OCH3 is 1. The topological polar surface area (TPSA) is 56.2 Å². The summed E-state index contributed by atoms with van der Waals surface area (Å²) in [5, 5.41) is 3.32. The van der Waals surface area contributed by atoms with E-state index < -0.39 is 0 Å². The highest BCUT2D eigenvalue weighted by atomic mass is 16.5. The molecule has 94 valence electrons. The fourth-order valence-corrected chi connectivity index (χ4v) is 1.85. The van der Waals surface area contributed by atoms with Crippen LogP contribution in [0.4, 0.5) is 0 Å². The molecule has 2 rings (SSSR count). The van der Waals surface area contributed by atoms with Crippen LogP contribution in [-0.4, -0.2) is 34.7 Å². The number of hydrogen-bond acceptors (Lipinski definition) is 4. The van der Waals surface area contributed by atoms with Crippen LogP contribution in [0.5, 0.6) is 0 Å². The zero-order chi connectivity index (χ0) is 12.3. The van der Waals surface area contributed by atoms with Crippen LogP contribution in [0.3, 0.4) is 0 Å². The van der Waals surface area contributed by atoms with Gasteiger partial charge in [0.1, 0.15) is 11.9 Å². The summed E-state index contributed by atoms with van der Waals surface area (Å²) in [5.41, 5.74) is 0. The minimum Gasteiger partial charge on any atom is -0.468 e. The minimum atomic E-state index is -0.200. The zero-order valence-corrected chi connectivity index (χ0v) is 10.3. The van der Waals surface area contributed by atoms with Gasteiger partial charge in [0.15, 0.2) is 0 Å². The molecule has 1 aliphatic rings. The molecule has 5 heteroatoms. The summed E-state index contributed by atoms with van der Waals surface area (Å²) in [4.78, 5) is 15.8. The van der Waals surface area contributed by atoms with E-state index in [2.05, 4.69) is 10.3 Å². The van der Waals surface area contributed by atoms with Gasteiger partial charge in [0.25, 0.3) is 0 Å². The third kappa shape index (κ3) is 3.30. The zero-order valence-electron chi connectivity index (χ0n) is 10.3. The van der Waals surface area contributed by atoms with Crippen LogP contribution in [0.15, 0.2) is 12.4 Å². The molecule has 5 nitrogen and oxygen atoms in total. The number of carbonyl (C=O) groups is 1. The number of esters is 1. The van der Waals surface area contributed by atoms with Gasteiger partial charge in [-0.3, -0.25) is 4.79 Å². The Balaban J connectivity index is 1.88. The lowest BCUT2D eigenvalue weighted by molar-refractivity contribution is -0.143. The van der Waals surface area contributed by atoms with Crippen molar-refractivity contribution < 1.29 is 9.53 Å². The summed E-state index contributed by atoms with van der Waals surface area (Å²) >= 11 is 0. The first-order chi connectivity index (χ1) is 8.20. The summed E-state index contributed by atoms with van der Waals surface area (Å²) in [6.07, 6.45) is 6.77. The van der Waals surface area contributed by atoms with Crippen molar-refractivity contribution in [3.8, 4) is 0 Å². The summed E-state index contributed by atoms with van der Waals surface area (Å²) < 4.78 is 6.86. The van der Waals surface area contributed by atoms with Crippen LogP contribution in [0, 0.1) is 6.92 Å². The van der Waals surface area contributed by atoms with Crippen molar-refractivity contribution in [1.82, 2.24) is 14.9 Å². The maximum atomic E-state index is 11.6.